The highest BCUT2D eigenvalue weighted by atomic mass is 19.1. The van der Waals surface area contributed by atoms with Gasteiger partial charge in [-0.25, -0.2) is 9.18 Å². The number of amides is 3. The summed E-state index contributed by atoms with van der Waals surface area (Å²) in [5.41, 5.74) is 2.14. The van der Waals surface area contributed by atoms with Crippen LogP contribution in [0.4, 0.5) is 14.9 Å². The van der Waals surface area contributed by atoms with Crippen molar-refractivity contribution < 1.29 is 18.7 Å². The Morgan fingerprint density at radius 2 is 1.58 bits per heavy atom. The number of halogens is 1. The number of hydrogen-bond acceptors (Lipinski definition) is 3. The molecule has 4 rings (SSSR count). The van der Waals surface area contributed by atoms with Crippen LogP contribution < -0.4 is 10.1 Å². The van der Waals surface area contributed by atoms with Crippen molar-refractivity contribution in [2.45, 2.75) is 13.0 Å². The Hall–Kier alpha value is -3.87. The minimum Gasteiger partial charge on any atom is -0.489 e. The van der Waals surface area contributed by atoms with Gasteiger partial charge in [0.05, 0.1) is 0 Å². The summed E-state index contributed by atoms with van der Waals surface area (Å²) in [4.78, 5) is 29.1. The fourth-order valence-electron chi connectivity index (χ4n) is 3.70. The first-order valence-corrected chi connectivity index (χ1v) is 11.0. The number of ether oxygens (including phenoxy) is 1. The molecule has 1 aliphatic heterocycles. The minimum atomic E-state index is -0.287. The van der Waals surface area contributed by atoms with E-state index >= 15 is 0 Å². The molecule has 0 saturated carbocycles. The van der Waals surface area contributed by atoms with Crippen molar-refractivity contribution in [2.75, 3.05) is 31.5 Å². The first-order chi connectivity index (χ1) is 16.1. The summed E-state index contributed by atoms with van der Waals surface area (Å²) < 4.78 is 18.8. The van der Waals surface area contributed by atoms with Gasteiger partial charge in [-0.1, -0.05) is 36.4 Å². The first-order valence-electron chi connectivity index (χ1n) is 11.0. The van der Waals surface area contributed by atoms with Gasteiger partial charge in [0.2, 0.25) is 0 Å². The summed E-state index contributed by atoms with van der Waals surface area (Å²) in [7, 11) is 0. The zero-order valence-corrected chi connectivity index (χ0v) is 18.2. The van der Waals surface area contributed by atoms with Gasteiger partial charge in [-0.05, 0) is 48.4 Å². The SMILES string of the molecule is O=C(Nc1cccc(OCc2ccc(F)cc2)c1)N1CCCN(C(=O)c2ccccc2)CC1. The molecule has 3 aromatic rings. The van der Waals surface area contributed by atoms with Crippen molar-refractivity contribution >= 4 is 17.6 Å². The molecule has 0 radical (unpaired) electrons. The molecule has 0 aromatic heterocycles. The standard InChI is InChI=1S/C26H26FN3O3/c27-22-12-10-20(11-13-22)19-33-24-9-4-8-23(18-24)28-26(32)30-15-5-14-29(16-17-30)25(31)21-6-2-1-3-7-21/h1-4,6-13,18H,5,14-17,19H2,(H,28,32). The third-order valence-electron chi connectivity index (χ3n) is 5.50. The van der Waals surface area contributed by atoms with E-state index in [4.69, 9.17) is 4.74 Å². The van der Waals surface area contributed by atoms with Crippen LogP contribution in [0.25, 0.3) is 0 Å². The van der Waals surface area contributed by atoms with Gasteiger partial charge < -0.3 is 19.9 Å². The Kier molecular flexibility index (Phi) is 7.19. The number of rotatable bonds is 5. The van der Waals surface area contributed by atoms with E-state index in [0.29, 0.717) is 56.2 Å². The second-order valence-electron chi connectivity index (χ2n) is 7.87. The summed E-state index contributed by atoms with van der Waals surface area (Å²) in [6.45, 7) is 2.44. The number of carbonyl (C=O) groups is 2. The molecular weight excluding hydrogens is 421 g/mol. The van der Waals surface area contributed by atoms with Gasteiger partial charge in [0.15, 0.2) is 0 Å². The summed E-state index contributed by atoms with van der Waals surface area (Å²) in [6.07, 6.45) is 0.715. The van der Waals surface area contributed by atoms with Crippen molar-refractivity contribution in [1.29, 1.82) is 0 Å². The van der Waals surface area contributed by atoms with E-state index in [2.05, 4.69) is 5.32 Å². The molecule has 1 aliphatic rings. The van der Waals surface area contributed by atoms with Crippen LogP contribution in [0.1, 0.15) is 22.3 Å². The lowest BCUT2D eigenvalue weighted by molar-refractivity contribution is 0.0762. The molecule has 33 heavy (non-hydrogen) atoms. The summed E-state index contributed by atoms with van der Waals surface area (Å²) in [5.74, 6) is 0.306. The number of nitrogens with one attached hydrogen (secondary N) is 1. The largest absolute Gasteiger partial charge is 0.489 e. The summed E-state index contributed by atoms with van der Waals surface area (Å²) in [5, 5.41) is 2.92. The van der Waals surface area contributed by atoms with E-state index in [1.807, 2.05) is 30.3 Å². The highest BCUT2D eigenvalue weighted by Gasteiger charge is 2.22. The van der Waals surface area contributed by atoms with E-state index in [-0.39, 0.29) is 17.8 Å². The topological polar surface area (TPSA) is 61.9 Å². The Balaban J connectivity index is 1.31. The number of hydrogen-bond donors (Lipinski definition) is 1. The zero-order valence-electron chi connectivity index (χ0n) is 18.2. The lowest BCUT2D eigenvalue weighted by atomic mass is 10.2. The molecule has 0 bridgehead atoms. The maximum atomic E-state index is 13.0. The number of benzene rings is 3. The van der Waals surface area contributed by atoms with Crippen LogP contribution in [-0.2, 0) is 6.61 Å². The molecule has 1 fully saturated rings. The molecule has 0 aliphatic carbocycles. The molecule has 0 atom stereocenters. The maximum absolute atomic E-state index is 13.0. The number of urea groups is 1. The average Bonchev–Trinajstić information content (AvgIpc) is 3.11. The van der Waals surface area contributed by atoms with E-state index in [1.165, 1.54) is 12.1 Å². The van der Waals surface area contributed by atoms with Gasteiger partial charge >= 0.3 is 6.03 Å². The van der Waals surface area contributed by atoms with E-state index in [9.17, 15) is 14.0 Å². The normalized spacial score (nSPS) is 13.8. The third-order valence-corrected chi connectivity index (χ3v) is 5.50. The van der Waals surface area contributed by atoms with Crippen LogP contribution in [0, 0.1) is 5.82 Å². The van der Waals surface area contributed by atoms with Crippen LogP contribution in [0.15, 0.2) is 78.9 Å². The van der Waals surface area contributed by atoms with Crippen molar-refractivity contribution in [3.63, 3.8) is 0 Å². The van der Waals surface area contributed by atoms with Gasteiger partial charge in [-0.3, -0.25) is 4.79 Å². The van der Waals surface area contributed by atoms with Crippen LogP contribution in [0.5, 0.6) is 5.75 Å². The van der Waals surface area contributed by atoms with Crippen LogP contribution in [0.3, 0.4) is 0 Å². The highest BCUT2D eigenvalue weighted by molar-refractivity contribution is 5.94. The predicted octanol–water partition coefficient (Wildman–Crippen LogP) is 4.78. The first kappa shape index (κ1) is 22.3. The number of nitrogens with zero attached hydrogens (tertiary/aromatic N) is 2. The fourth-order valence-corrected chi connectivity index (χ4v) is 3.70. The Labute approximate surface area is 192 Å². The molecule has 1 N–H and O–H groups in total. The van der Waals surface area contributed by atoms with Crippen LogP contribution >= 0.6 is 0 Å². The monoisotopic (exact) mass is 447 g/mol. The second kappa shape index (κ2) is 10.6. The molecule has 3 amide bonds. The molecule has 0 spiro atoms. The Bertz CT molecular complexity index is 1090. The summed E-state index contributed by atoms with van der Waals surface area (Å²) in [6, 6.07) is 22.3. The van der Waals surface area contributed by atoms with E-state index in [1.54, 1.807) is 46.2 Å². The molecule has 170 valence electrons. The average molecular weight is 448 g/mol. The maximum Gasteiger partial charge on any atom is 0.321 e. The van der Waals surface area contributed by atoms with E-state index in [0.717, 1.165) is 5.56 Å². The van der Waals surface area contributed by atoms with Crippen LogP contribution in [0.2, 0.25) is 0 Å². The molecule has 1 heterocycles. The highest BCUT2D eigenvalue weighted by Crippen LogP contribution is 2.20. The van der Waals surface area contributed by atoms with Crippen molar-refractivity contribution in [2.24, 2.45) is 0 Å². The smallest absolute Gasteiger partial charge is 0.321 e. The van der Waals surface area contributed by atoms with Crippen molar-refractivity contribution in [3.05, 3.63) is 95.8 Å². The molecule has 7 heteroatoms. The van der Waals surface area contributed by atoms with Gasteiger partial charge in [0.1, 0.15) is 18.2 Å². The fraction of sp³-hybridized carbons (Fsp3) is 0.231. The van der Waals surface area contributed by atoms with Gasteiger partial charge in [0.25, 0.3) is 5.91 Å². The molecule has 6 nitrogen and oxygen atoms in total. The quantitative estimate of drug-likeness (QED) is 0.612. The van der Waals surface area contributed by atoms with E-state index < -0.39 is 0 Å². The third kappa shape index (κ3) is 6.10. The van der Waals surface area contributed by atoms with Gasteiger partial charge in [0, 0.05) is 43.5 Å². The van der Waals surface area contributed by atoms with Crippen molar-refractivity contribution in [3.8, 4) is 5.75 Å². The Morgan fingerprint density at radius 3 is 2.36 bits per heavy atom. The van der Waals surface area contributed by atoms with Gasteiger partial charge in [-0.2, -0.15) is 0 Å². The summed E-state index contributed by atoms with van der Waals surface area (Å²) >= 11 is 0. The van der Waals surface area contributed by atoms with Gasteiger partial charge in [-0.15, -0.1) is 0 Å². The molecule has 3 aromatic carbocycles. The van der Waals surface area contributed by atoms with Crippen molar-refractivity contribution in [1.82, 2.24) is 9.80 Å². The minimum absolute atomic E-state index is 0.0103. The zero-order chi connectivity index (χ0) is 23.0. The molecule has 1 saturated heterocycles. The molecular formula is C26H26FN3O3. The lowest BCUT2D eigenvalue weighted by Crippen LogP contribution is -2.39. The lowest BCUT2D eigenvalue weighted by Gasteiger charge is -2.22. The predicted molar refractivity (Wildman–Crippen MR) is 125 cm³/mol. The second-order valence-corrected chi connectivity index (χ2v) is 7.87. The number of anilines is 1. The molecule has 0 unspecified atom stereocenters. The van der Waals surface area contributed by atoms with Crippen LogP contribution in [-0.4, -0.2) is 47.9 Å². The Morgan fingerprint density at radius 1 is 0.848 bits per heavy atom. The number of carbonyl (C=O) groups excluding carboxylic acids is 2.